The molecule has 1 aromatic carbocycles. The maximum absolute atomic E-state index is 13.4. The second-order valence-corrected chi connectivity index (χ2v) is 9.10. The van der Waals surface area contributed by atoms with E-state index in [0.717, 1.165) is 5.56 Å². The molecule has 0 radical (unpaired) electrons. The van der Waals surface area contributed by atoms with E-state index in [1.54, 1.807) is 19.1 Å². The standard InChI is InChI=1S/C27H34O7/c1-5-9-21-12-13-22(29)25(33-21)18(3)26-24(30)27(32-16-20-10-7-6-8-11-20)23(34-26)14-17(2)15-31-19(4)28/h5-8,10-13,17-18,21,23,25-27H,1,9,14-16H2,2-4H3/t17-,18-,21-,23?,25-,26+,27+/m1/s1. The summed E-state index contributed by atoms with van der Waals surface area (Å²) < 4.78 is 23.4. The molecule has 1 unspecified atom stereocenters. The van der Waals surface area contributed by atoms with Crippen molar-refractivity contribution in [2.75, 3.05) is 6.61 Å². The molecular formula is C27H34O7. The molecule has 1 saturated heterocycles. The minimum absolute atomic E-state index is 0.0361. The summed E-state index contributed by atoms with van der Waals surface area (Å²) in [6.07, 6.45) is 2.83. The Morgan fingerprint density at radius 2 is 1.88 bits per heavy atom. The van der Waals surface area contributed by atoms with Gasteiger partial charge >= 0.3 is 5.97 Å². The highest BCUT2D eigenvalue weighted by Crippen LogP contribution is 2.33. The van der Waals surface area contributed by atoms with Gasteiger partial charge in [0.2, 0.25) is 0 Å². The van der Waals surface area contributed by atoms with Crippen LogP contribution >= 0.6 is 0 Å². The summed E-state index contributed by atoms with van der Waals surface area (Å²) in [6, 6.07) is 9.60. The van der Waals surface area contributed by atoms with Gasteiger partial charge in [-0.1, -0.05) is 56.3 Å². The first-order valence-electron chi connectivity index (χ1n) is 11.8. The molecule has 34 heavy (non-hydrogen) atoms. The third-order valence-corrected chi connectivity index (χ3v) is 6.13. The average Bonchev–Trinajstić information content (AvgIpc) is 3.12. The van der Waals surface area contributed by atoms with Gasteiger partial charge < -0.3 is 18.9 Å². The Balaban J connectivity index is 1.73. The van der Waals surface area contributed by atoms with Gasteiger partial charge in [-0.3, -0.25) is 14.4 Å². The van der Waals surface area contributed by atoms with Crippen molar-refractivity contribution in [3.05, 3.63) is 60.7 Å². The van der Waals surface area contributed by atoms with E-state index in [-0.39, 0.29) is 42.8 Å². The van der Waals surface area contributed by atoms with Crippen LogP contribution in [0.3, 0.4) is 0 Å². The van der Waals surface area contributed by atoms with E-state index in [4.69, 9.17) is 18.9 Å². The highest BCUT2D eigenvalue weighted by molar-refractivity contribution is 5.96. The first kappa shape index (κ1) is 26.0. The fraction of sp³-hybridized carbons (Fsp3) is 0.519. The van der Waals surface area contributed by atoms with Gasteiger partial charge in [-0.15, -0.1) is 6.58 Å². The number of rotatable bonds is 11. The number of ketones is 2. The van der Waals surface area contributed by atoms with E-state index in [2.05, 4.69) is 6.58 Å². The predicted molar refractivity (Wildman–Crippen MR) is 126 cm³/mol. The predicted octanol–water partition coefficient (Wildman–Crippen LogP) is 3.60. The largest absolute Gasteiger partial charge is 0.466 e. The van der Waals surface area contributed by atoms with E-state index < -0.39 is 30.3 Å². The van der Waals surface area contributed by atoms with E-state index >= 15 is 0 Å². The quantitative estimate of drug-likeness (QED) is 0.361. The Bertz CT molecular complexity index is 893. The molecule has 0 saturated carbocycles. The first-order valence-corrected chi connectivity index (χ1v) is 11.8. The van der Waals surface area contributed by atoms with Crippen LogP contribution in [0.4, 0.5) is 0 Å². The molecule has 184 valence electrons. The van der Waals surface area contributed by atoms with Crippen molar-refractivity contribution < 1.29 is 33.3 Å². The summed E-state index contributed by atoms with van der Waals surface area (Å²) in [6.45, 7) is 9.31. The topological polar surface area (TPSA) is 88.1 Å². The second-order valence-electron chi connectivity index (χ2n) is 9.10. The molecule has 1 aromatic rings. The summed E-state index contributed by atoms with van der Waals surface area (Å²) in [5, 5.41) is 0. The molecule has 2 heterocycles. The minimum atomic E-state index is -0.837. The summed E-state index contributed by atoms with van der Waals surface area (Å²) in [7, 11) is 0. The van der Waals surface area contributed by atoms with Crippen LogP contribution in [0, 0.1) is 11.8 Å². The van der Waals surface area contributed by atoms with Gasteiger partial charge in [0, 0.05) is 12.8 Å². The maximum atomic E-state index is 13.4. The van der Waals surface area contributed by atoms with Gasteiger partial charge in [0.15, 0.2) is 11.6 Å². The van der Waals surface area contributed by atoms with Crippen LogP contribution in [0.25, 0.3) is 0 Å². The van der Waals surface area contributed by atoms with E-state index in [1.807, 2.05) is 37.3 Å². The fourth-order valence-corrected chi connectivity index (χ4v) is 4.35. The van der Waals surface area contributed by atoms with Gasteiger partial charge in [-0.05, 0) is 30.4 Å². The lowest BCUT2D eigenvalue weighted by molar-refractivity contribution is -0.144. The number of hydrogen-bond acceptors (Lipinski definition) is 7. The molecule has 1 fully saturated rings. The molecule has 0 spiro atoms. The summed E-state index contributed by atoms with van der Waals surface area (Å²) in [5.41, 5.74) is 0.946. The van der Waals surface area contributed by atoms with Crippen LogP contribution in [0.5, 0.6) is 0 Å². The minimum Gasteiger partial charge on any atom is -0.466 e. The van der Waals surface area contributed by atoms with Gasteiger partial charge in [0.25, 0.3) is 0 Å². The Labute approximate surface area is 201 Å². The molecule has 7 nitrogen and oxygen atoms in total. The van der Waals surface area contributed by atoms with Crippen LogP contribution in [0.1, 0.15) is 39.2 Å². The van der Waals surface area contributed by atoms with Crippen molar-refractivity contribution in [3.8, 4) is 0 Å². The molecular weight excluding hydrogens is 436 g/mol. The van der Waals surface area contributed by atoms with Crippen LogP contribution in [0.15, 0.2) is 55.1 Å². The van der Waals surface area contributed by atoms with Crippen molar-refractivity contribution in [2.24, 2.45) is 11.8 Å². The third-order valence-electron chi connectivity index (χ3n) is 6.13. The third kappa shape index (κ3) is 6.72. The van der Waals surface area contributed by atoms with Crippen LogP contribution in [-0.2, 0) is 39.9 Å². The fourth-order valence-electron chi connectivity index (χ4n) is 4.35. The van der Waals surface area contributed by atoms with E-state index in [0.29, 0.717) is 12.8 Å². The lowest BCUT2D eigenvalue weighted by atomic mass is 9.89. The highest BCUT2D eigenvalue weighted by atomic mass is 16.6. The summed E-state index contributed by atoms with van der Waals surface area (Å²) >= 11 is 0. The average molecular weight is 471 g/mol. The molecule has 3 rings (SSSR count). The van der Waals surface area contributed by atoms with Crippen molar-refractivity contribution in [1.29, 1.82) is 0 Å². The van der Waals surface area contributed by atoms with Crippen molar-refractivity contribution in [3.63, 3.8) is 0 Å². The zero-order valence-electron chi connectivity index (χ0n) is 20.1. The summed E-state index contributed by atoms with van der Waals surface area (Å²) in [5.74, 6) is -1.26. The van der Waals surface area contributed by atoms with E-state index in [9.17, 15) is 14.4 Å². The van der Waals surface area contributed by atoms with Crippen molar-refractivity contribution >= 4 is 17.5 Å². The molecule has 7 heteroatoms. The zero-order valence-corrected chi connectivity index (χ0v) is 20.1. The van der Waals surface area contributed by atoms with Gasteiger partial charge in [-0.25, -0.2) is 0 Å². The van der Waals surface area contributed by atoms with Gasteiger partial charge in [-0.2, -0.15) is 0 Å². The Hall–Kier alpha value is -2.61. The number of esters is 1. The van der Waals surface area contributed by atoms with Crippen LogP contribution in [-0.4, -0.2) is 54.7 Å². The number of hydrogen-bond donors (Lipinski definition) is 0. The molecule has 0 amide bonds. The number of benzene rings is 1. The first-order chi connectivity index (χ1) is 16.3. The number of carbonyl (C=O) groups is 3. The van der Waals surface area contributed by atoms with Crippen molar-refractivity contribution in [2.45, 2.75) is 70.7 Å². The van der Waals surface area contributed by atoms with Gasteiger partial charge in [0.05, 0.1) is 25.4 Å². The van der Waals surface area contributed by atoms with Gasteiger partial charge in [0.1, 0.15) is 18.3 Å². The van der Waals surface area contributed by atoms with Crippen molar-refractivity contribution in [1.82, 2.24) is 0 Å². The maximum Gasteiger partial charge on any atom is 0.302 e. The molecule has 2 aliphatic rings. The zero-order chi connectivity index (χ0) is 24.7. The molecule has 0 bridgehead atoms. The lowest BCUT2D eigenvalue weighted by Gasteiger charge is -2.31. The second kappa shape index (κ2) is 12.2. The Kier molecular flexibility index (Phi) is 9.33. The SMILES string of the molecule is C=CC[C@@H]1C=CC(=O)[C@@H]([C@@H](C)[C@@H]2OC(C[C@@H](C)COC(C)=O)[C@H](OCc3ccccc3)C2=O)O1. The monoisotopic (exact) mass is 470 g/mol. The normalized spacial score (nSPS) is 28.5. The molecule has 7 atom stereocenters. The summed E-state index contributed by atoms with van der Waals surface area (Å²) in [4.78, 5) is 37.2. The van der Waals surface area contributed by atoms with Crippen LogP contribution < -0.4 is 0 Å². The molecule has 0 aliphatic carbocycles. The highest BCUT2D eigenvalue weighted by Gasteiger charge is 2.49. The Morgan fingerprint density at radius 1 is 1.15 bits per heavy atom. The molecule has 2 aliphatic heterocycles. The lowest BCUT2D eigenvalue weighted by Crippen LogP contribution is -2.44. The number of carbonyl (C=O) groups excluding carboxylic acids is 3. The number of ether oxygens (including phenoxy) is 4. The smallest absolute Gasteiger partial charge is 0.302 e. The molecule has 0 aromatic heterocycles. The number of Topliss-reactive ketones (excluding diaryl/α,β-unsaturated/α-hetero) is 1. The molecule has 0 N–H and O–H groups in total. The van der Waals surface area contributed by atoms with Crippen LogP contribution in [0.2, 0.25) is 0 Å². The Morgan fingerprint density at radius 3 is 2.56 bits per heavy atom. The van der Waals surface area contributed by atoms with E-state index in [1.165, 1.54) is 13.0 Å².